The maximum absolute atomic E-state index is 13.9. The lowest BCUT2D eigenvalue weighted by Gasteiger charge is -2.31. The highest BCUT2D eigenvalue weighted by molar-refractivity contribution is 6.12. The van der Waals surface area contributed by atoms with Crippen LogP contribution in [-0.4, -0.2) is 60.9 Å². The summed E-state index contributed by atoms with van der Waals surface area (Å²) in [6.45, 7) is 1.06. The Morgan fingerprint density at radius 1 is 1.11 bits per heavy atom. The number of aliphatic hydroxyl groups is 1. The number of nitrogens with one attached hydrogen (secondary N) is 1. The second-order valence-electron chi connectivity index (χ2n) is 10.4. The van der Waals surface area contributed by atoms with Gasteiger partial charge < -0.3 is 15.3 Å². The summed E-state index contributed by atoms with van der Waals surface area (Å²) in [6.07, 6.45) is 6.52. The maximum Gasteiger partial charge on any atom is 0.284 e. The first kappa shape index (κ1) is 24.0. The van der Waals surface area contributed by atoms with Crippen molar-refractivity contribution in [1.29, 1.82) is 0 Å². The van der Waals surface area contributed by atoms with Gasteiger partial charge in [0.1, 0.15) is 11.3 Å². The fourth-order valence-electron chi connectivity index (χ4n) is 6.09. The highest BCUT2D eigenvalue weighted by atomic mass is 19.3. The molecule has 3 aliphatic rings. The largest absolute Gasteiger partial charge is 0.396 e. The van der Waals surface area contributed by atoms with Crippen LogP contribution in [0.2, 0.25) is 0 Å². The molecular weight excluding hydrogens is 484 g/mol. The first-order valence-corrected chi connectivity index (χ1v) is 12.8. The van der Waals surface area contributed by atoms with Gasteiger partial charge in [0.05, 0.1) is 11.7 Å². The highest BCUT2D eigenvalue weighted by Gasteiger charge is 2.42. The average Bonchev–Trinajstić information content (AvgIpc) is 3.55. The van der Waals surface area contributed by atoms with Gasteiger partial charge >= 0.3 is 0 Å². The van der Waals surface area contributed by atoms with Gasteiger partial charge in [0.25, 0.3) is 12.3 Å². The van der Waals surface area contributed by atoms with E-state index in [-0.39, 0.29) is 47.4 Å². The normalized spacial score (nSPS) is 25.8. The van der Waals surface area contributed by atoms with Crippen LogP contribution in [0.4, 0.5) is 20.3 Å². The molecule has 2 atom stereocenters. The van der Waals surface area contributed by atoms with Gasteiger partial charge in [-0.05, 0) is 50.5 Å². The summed E-state index contributed by atoms with van der Waals surface area (Å²) < 4.78 is 30.9. The van der Waals surface area contributed by atoms with Crippen LogP contribution in [-0.2, 0) is 4.79 Å². The van der Waals surface area contributed by atoms with Crippen molar-refractivity contribution in [2.45, 2.75) is 51.0 Å². The molecule has 0 radical (unpaired) electrons. The summed E-state index contributed by atoms with van der Waals surface area (Å²) >= 11 is 0. The summed E-state index contributed by atoms with van der Waals surface area (Å²) in [4.78, 5) is 32.3. The number of anilines is 2. The van der Waals surface area contributed by atoms with Crippen molar-refractivity contribution in [3.8, 4) is 0 Å². The quantitative estimate of drug-likeness (QED) is 0.520. The number of carbonyl (C=O) groups is 2. The van der Waals surface area contributed by atoms with Gasteiger partial charge in [-0.15, -0.1) is 5.10 Å². The molecule has 4 heterocycles. The third-order valence-electron chi connectivity index (χ3n) is 8.12. The van der Waals surface area contributed by atoms with Gasteiger partial charge in [0.15, 0.2) is 17.2 Å². The van der Waals surface area contributed by atoms with Gasteiger partial charge in [-0.25, -0.2) is 18.3 Å². The Labute approximate surface area is 211 Å². The molecule has 2 N–H and O–H groups in total. The number of carbonyl (C=O) groups excluding carboxylic acids is 2. The number of ketones is 1. The number of hydrogen-bond acceptors (Lipinski definition) is 7. The smallest absolute Gasteiger partial charge is 0.284 e. The highest BCUT2D eigenvalue weighted by Crippen LogP contribution is 2.38. The van der Waals surface area contributed by atoms with Crippen molar-refractivity contribution in [2.75, 3.05) is 29.9 Å². The molecule has 6 rings (SSSR count). The molecule has 12 heteroatoms. The Balaban J connectivity index is 1.31. The van der Waals surface area contributed by atoms with E-state index < -0.39 is 18.0 Å². The van der Waals surface area contributed by atoms with E-state index in [4.69, 9.17) is 0 Å². The Hall–Kier alpha value is -3.41. The average molecular weight is 514 g/mol. The second-order valence-corrected chi connectivity index (χ2v) is 10.4. The third kappa shape index (κ3) is 4.26. The monoisotopic (exact) mass is 513 g/mol. The first-order valence-electron chi connectivity index (χ1n) is 12.8. The molecule has 2 aliphatic carbocycles. The minimum Gasteiger partial charge on any atom is -0.396 e. The number of amides is 1. The van der Waals surface area contributed by atoms with Gasteiger partial charge in [0.2, 0.25) is 0 Å². The zero-order valence-electron chi connectivity index (χ0n) is 20.3. The van der Waals surface area contributed by atoms with Gasteiger partial charge in [-0.2, -0.15) is 5.10 Å². The molecule has 1 saturated heterocycles. The molecule has 1 amide bonds. The number of rotatable bonds is 6. The molecule has 3 aromatic rings. The molecule has 3 fully saturated rings. The predicted molar refractivity (Wildman–Crippen MR) is 130 cm³/mol. The van der Waals surface area contributed by atoms with E-state index >= 15 is 0 Å². The summed E-state index contributed by atoms with van der Waals surface area (Å²) in [6, 6.07) is 1.63. The number of Topliss-reactive ketones (excluding diaryl/α,β-unsaturated/α-hetero) is 1. The molecule has 2 bridgehead atoms. The Morgan fingerprint density at radius 2 is 1.84 bits per heavy atom. The molecule has 0 spiro atoms. The molecular formula is C25H29F2N7O3. The van der Waals surface area contributed by atoms with Crippen molar-refractivity contribution in [2.24, 2.45) is 17.8 Å². The summed E-state index contributed by atoms with van der Waals surface area (Å²) in [7, 11) is 0. The van der Waals surface area contributed by atoms with E-state index in [0.717, 1.165) is 38.5 Å². The molecule has 196 valence electrons. The number of aromatic nitrogens is 5. The summed E-state index contributed by atoms with van der Waals surface area (Å²) in [5.74, 6) is 0.120. The van der Waals surface area contributed by atoms with Crippen LogP contribution in [0.3, 0.4) is 0 Å². The predicted octanol–water partition coefficient (Wildman–Crippen LogP) is 3.25. The SMILES string of the molecule is O=C(Nc1cn(C2CCC(CO)CC2)nc1C(F)F)c1c(N2C[C@H]3CC[C@H](C2)C3=O)nn2cccnc12. The van der Waals surface area contributed by atoms with Gasteiger partial charge in [-0.3, -0.25) is 14.3 Å². The lowest BCUT2D eigenvalue weighted by molar-refractivity contribution is -0.124. The Morgan fingerprint density at radius 3 is 2.51 bits per heavy atom. The molecule has 1 aliphatic heterocycles. The summed E-state index contributed by atoms with van der Waals surface area (Å²) in [5, 5.41) is 20.8. The molecule has 37 heavy (non-hydrogen) atoms. The van der Waals surface area contributed by atoms with E-state index in [1.807, 2.05) is 4.90 Å². The standard InChI is InChI=1S/C25H29F2N7O3/c26-22(27)20-18(12-34(30-20)17-6-2-14(13-35)3-7-17)29-25(37)19-23-28-8-1-9-33(23)31-24(19)32-10-15-4-5-16(11-32)21(15)36/h1,8-9,12,14-17,22,35H,2-7,10-11,13H2,(H,29,37)/t14?,15-,16-,17?/m1/s1. The van der Waals surface area contributed by atoms with Crippen molar-refractivity contribution >= 4 is 28.8 Å². The fourth-order valence-corrected chi connectivity index (χ4v) is 6.09. The Bertz CT molecular complexity index is 1320. The van der Waals surface area contributed by atoms with Crippen molar-refractivity contribution in [1.82, 2.24) is 24.4 Å². The van der Waals surface area contributed by atoms with Crippen LogP contribution in [0, 0.1) is 17.8 Å². The number of hydrogen-bond donors (Lipinski definition) is 2. The lowest BCUT2D eigenvalue weighted by Crippen LogP contribution is -2.43. The van der Waals surface area contributed by atoms with Crippen molar-refractivity contribution in [3.05, 3.63) is 35.9 Å². The topological polar surface area (TPSA) is 118 Å². The molecule has 2 saturated carbocycles. The fraction of sp³-hybridized carbons (Fsp3) is 0.560. The van der Waals surface area contributed by atoms with Crippen LogP contribution in [0.15, 0.2) is 24.7 Å². The molecule has 0 unspecified atom stereocenters. The lowest BCUT2D eigenvalue weighted by atomic mass is 9.87. The first-order chi connectivity index (χ1) is 17.9. The zero-order chi connectivity index (χ0) is 25.7. The molecule has 0 aromatic carbocycles. The van der Waals surface area contributed by atoms with Crippen LogP contribution >= 0.6 is 0 Å². The molecule has 3 aromatic heterocycles. The van der Waals surface area contributed by atoms with E-state index in [2.05, 4.69) is 20.5 Å². The van der Waals surface area contributed by atoms with Crippen molar-refractivity contribution < 1.29 is 23.5 Å². The minimum absolute atomic E-state index is 0.0422. The Kier molecular flexibility index (Phi) is 6.13. The van der Waals surface area contributed by atoms with Crippen LogP contribution in [0.5, 0.6) is 0 Å². The van der Waals surface area contributed by atoms with E-state index in [9.17, 15) is 23.5 Å². The minimum atomic E-state index is -2.87. The van der Waals surface area contributed by atoms with Crippen LogP contribution in [0.1, 0.15) is 67.0 Å². The number of nitrogens with zero attached hydrogens (tertiary/aromatic N) is 6. The second kappa shape index (κ2) is 9.47. The van der Waals surface area contributed by atoms with E-state index in [1.165, 1.54) is 15.4 Å². The van der Waals surface area contributed by atoms with E-state index in [0.29, 0.717) is 24.6 Å². The third-order valence-corrected chi connectivity index (χ3v) is 8.12. The number of halogens is 2. The number of aliphatic hydroxyl groups excluding tert-OH is 1. The molecule has 10 nitrogen and oxygen atoms in total. The van der Waals surface area contributed by atoms with Crippen molar-refractivity contribution in [3.63, 3.8) is 0 Å². The van der Waals surface area contributed by atoms with Crippen LogP contribution in [0.25, 0.3) is 5.65 Å². The number of alkyl halides is 2. The van der Waals surface area contributed by atoms with Crippen LogP contribution < -0.4 is 10.2 Å². The van der Waals surface area contributed by atoms with Gasteiger partial charge in [0, 0.05) is 50.1 Å². The summed E-state index contributed by atoms with van der Waals surface area (Å²) in [5.41, 5.74) is -0.0250. The van der Waals surface area contributed by atoms with Gasteiger partial charge in [-0.1, -0.05) is 0 Å². The zero-order valence-corrected chi connectivity index (χ0v) is 20.3. The maximum atomic E-state index is 13.9. The number of piperidine rings is 1. The number of fused-ring (bicyclic) bond motifs is 3. The van der Waals surface area contributed by atoms with E-state index in [1.54, 1.807) is 18.5 Å².